The molecule has 2 aliphatic rings. The van der Waals surface area contributed by atoms with Crippen molar-refractivity contribution in [3.05, 3.63) is 0 Å². The van der Waals surface area contributed by atoms with Gasteiger partial charge in [0.1, 0.15) is 0 Å². The number of hydrogen-bond acceptors (Lipinski definition) is 2. The zero-order valence-electron chi connectivity index (χ0n) is 10.1. The summed E-state index contributed by atoms with van der Waals surface area (Å²) in [5.41, 5.74) is 0.489. The van der Waals surface area contributed by atoms with Gasteiger partial charge in [-0.3, -0.25) is 0 Å². The van der Waals surface area contributed by atoms with Gasteiger partial charge in [0, 0.05) is 11.6 Å². The summed E-state index contributed by atoms with van der Waals surface area (Å²) in [5.74, 6) is 0. The van der Waals surface area contributed by atoms with Crippen molar-refractivity contribution >= 4 is 0 Å². The Balaban J connectivity index is 1.78. The highest BCUT2D eigenvalue weighted by Gasteiger charge is 2.30. The zero-order chi connectivity index (χ0) is 10.6. The van der Waals surface area contributed by atoms with Crippen LogP contribution in [0.5, 0.6) is 0 Å². The van der Waals surface area contributed by atoms with Crippen LogP contribution in [0.1, 0.15) is 58.3 Å². The molecule has 2 atom stereocenters. The van der Waals surface area contributed by atoms with Crippen LogP contribution in [-0.2, 0) is 0 Å². The molecule has 0 saturated carbocycles. The van der Waals surface area contributed by atoms with Gasteiger partial charge in [0.25, 0.3) is 0 Å². The van der Waals surface area contributed by atoms with E-state index in [1.165, 1.54) is 64.5 Å². The van der Waals surface area contributed by atoms with Crippen LogP contribution in [0.15, 0.2) is 0 Å². The summed E-state index contributed by atoms with van der Waals surface area (Å²) in [6, 6.07) is 0.817. The van der Waals surface area contributed by atoms with E-state index >= 15 is 0 Å². The van der Waals surface area contributed by atoms with Crippen molar-refractivity contribution in [2.24, 2.45) is 0 Å². The predicted molar refractivity (Wildman–Crippen MR) is 65.1 cm³/mol. The van der Waals surface area contributed by atoms with E-state index in [4.69, 9.17) is 0 Å². The molecule has 15 heavy (non-hydrogen) atoms. The Hall–Kier alpha value is -0.0800. The van der Waals surface area contributed by atoms with Gasteiger partial charge < -0.3 is 10.6 Å². The summed E-state index contributed by atoms with van der Waals surface area (Å²) in [6.45, 7) is 4.84. The Labute approximate surface area is 94.2 Å². The smallest absolute Gasteiger partial charge is 0.0179 e. The predicted octanol–water partition coefficient (Wildman–Crippen LogP) is 2.44. The van der Waals surface area contributed by atoms with Crippen LogP contribution < -0.4 is 10.6 Å². The number of piperidine rings is 1. The highest BCUT2D eigenvalue weighted by Crippen LogP contribution is 2.29. The van der Waals surface area contributed by atoms with Crippen LogP contribution in [-0.4, -0.2) is 24.7 Å². The third kappa shape index (κ3) is 2.94. The second-order valence-corrected chi connectivity index (χ2v) is 5.35. The van der Waals surface area contributed by atoms with Gasteiger partial charge in [-0.15, -0.1) is 0 Å². The average Bonchev–Trinajstić information content (AvgIpc) is 2.81. The van der Waals surface area contributed by atoms with E-state index in [0.717, 1.165) is 6.04 Å². The van der Waals surface area contributed by atoms with Crippen LogP contribution >= 0.6 is 0 Å². The summed E-state index contributed by atoms with van der Waals surface area (Å²) in [6.07, 6.45) is 11.1. The van der Waals surface area contributed by atoms with Gasteiger partial charge >= 0.3 is 0 Å². The minimum absolute atomic E-state index is 0.489. The van der Waals surface area contributed by atoms with Crippen molar-refractivity contribution in [1.29, 1.82) is 0 Å². The average molecular weight is 210 g/mol. The molecular weight excluding hydrogens is 184 g/mol. The minimum atomic E-state index is 0.489. The maximum atomic E-state index is 3.78. The number of rotatable bonds is 4. The topological polar surface area (TPSA) is 24.1 Å². The second kappa shape index (κ2) is 5.31. The first kappa shape index (κ1) is 11.4. The maximum absolute atomic E-state index is 3.78. The van der Waals surface area contributed by atoms with E-state index in [1.807, 2.05) is 0 Å². The lowest BCUT2D eigenvalue weighted by molar-refractivity contribution is 0.217. The largest absolute Gasteiger partial charge is 0.314 e. The highest BCUT2D eigenvalue weighted by atomic mass is 15.0. The molecule has 2 saturated heterocycles. The Bertz CT molecular complexity index is 179. The van der Waals surface area contributed by atoms with E-state index in [9.17, 15) is 0 Å². The lowest BCUT2D eigenvalue weighted by Gasteiger charge is -2.38. The Kier molecular flexibility index (Phi) is 4.04. The molecule has 2 N–H and O–H groups in total. The monoisotopic (exact) mass is 210 g/mol. The van der Waals surface area contributed by atoms with Crippen LogP contribution in [0, 0.1) is 0 Å². The molecule has 0 spiro atoms. The van der Waals surface area contributed by atoms with Crippen molar-refractivity contribution < 1.29 is 0 Å². The number of nitrogens with one attached hydrogen (secondary N) is 2. The fourth-order valence-electron chi connectivity index (χ4n) is 3.18. The Morgan fingerprint density at radius 2 is 2.13 bits per heavy atom. The van der Waals surface area contributed by atoms with Gasteiger partial charge in [-0.2, -0.15) is 0 Å². The van der Waals surface area contributed by atoms with Gasteiger partial charge in [0.2, 0.25) is 0 Å². The summed E-state index contributed by atoms with van der Waals surface area (Å²) >= 11 is 0. The van der Waals surface area contributed by atoms with Gasteiger partial charge in [0.05, 0.1) is 0 Å². The molecular formula is C13H26N2. The minimum Gasteiger partial charge on any atom is -0.314 e. The van der Waals surface area contributed by atoms with Crippen LogP contribution in [0.3, 0.4) is 0 Å². The second-order valence-electron chi connectivity index (χ2n) is 5.35. The van der Waals surface area contributed by atoms with Crippen LogP contribution in [0.25, 0.3) is 0 Å². The van der Waals surface area contributed by atoms with Crippen LogP contribution in [0.2, 0.25) is 0 Å². The third-order valence-electron chi connectivity index (χ3n) is 4.39. The fourth-order valence-corrected chi connectivity index (χ4v) is 3.18. The SMILES string of the molecule is CCC1(CCC2CCCN2)CCCCN1. The molecule has 0 aromatic rings. The Morgan fingerprint density at radius 3 is 2.73 bits per heavy atom. The van der Waals surface area contributed by atoms with Crippen molar-refractivity contribution in [1.82, 2.24) is 10.6 Å². The molecule has 2 rings (SSSR count). The first-order valence-corrected chi connectivity index (χ1v) is 6.83. The van der Waals surface area contributed by atoms with Crippen molar-refractivity contribution in [3.8, 4) is 0 Å². The van der Waals surface area contributed by atoms with Gasteiger partial charge in [-0.25, -0.2) is 0 Å². The van der Waals surface area contributed by atoms with Gasteiger partial charge in [-0.05, 0) is 58.0 Å². The van der Waals surface area contributed by atoms with E-state index in [-0.39, 0.29) is 0 Å². The molecule has 2 nitrogen and oxygen atoms in total. The maximum Gasteiger partial charge on any atom is 0.0179 e. The molecule has 0 amide bonds. The summed E-state index contributed by atoms with van der Waals surface area (Å²) in [5, 5.41) is 7.39. The van der Waals surface area contributed by atoms with Crippen molar-refractivity contribution in [2.75, 3.05) is 13.1 Å². The lowest BCUT2D eigenvalue weighted by Crippen LogP contribution is -2.48. The molecule has 2 aliphatic heterocycles. The zero-order valence-corrected chi connectivity index (χ0v) is 10.1. The molecule has 2 unspecified atom stereocenters. The quantitative estimate of drug-likeness (QED) is 0.745. The standard InChI is InChI=1S/C13H26N2/c1-2-13(8-3-4-11-15-13)9-7-12-6-5-10-14-12/h12,14-15H,2-11H2,1H3. The lowest BCUT2D eigenvalue weighted by atomic mass is 9.81. The summed E-state index contributed by atoms with van der Waals surface area (Å²) in [7, 11) is 0. The van der Waals surface area contributed by atoms with Crippen molar-refractivity contribution in [2.45, 2.75) is 69.9 Å². The Morgan fingerprint density at radius 1 is 1.20 bits per heavy atom. The highest BCUT2D eigenvalue weighted by molar-refractivity contribution is 4.91. The molecule has 88 valence electrons. The van der Waals surface area contributed by atoms with Crippen molar-refractivity contribution in [3.63, 3.8) is 0 Å². The van der Waals surface area contributed by atoms with Gasteiger partial charge in [-0.1, -0.05) is 13.3 Å². The first-order chi connectivity index (χ1) is 7.35. The normalized spacial score (nSPS) is 37.0. The van der Waals surface area contributed by atoms with E-state index in [0.29, 0.717) is 5.54 Å². The van der Waals surface area contributed by atoms with Crippen LogP contribution in [0.4, 0.5) is 0 Å². The molecule has 2 heteroatoms. The number of hydrogen-bond donors (Lipinski definition) is 2. The summed E-state index contributed by atoms with van der Waals surface area (Å²) < 4.78 is 0. The van der Waals surface area contributed by atoms with E-state index in [2.05, 4.69) is 17.6 Å². The molecule has 0 aromatic carbocycles. The van der Waals surface area contributed by atoms with E-state index < -0.39 is 0 Å². The molecule has 0 aliphatic carbocycles. The third-order valence-corrected chi connectivity index (χ3v) is 4.39. The molecule has 0 bridgehead atoms. The fraction of sp³-hybridized carbons (Fsp3) is 1.00. The molecule has 2 fully saturated rings. The first-order valence-electron chi connectivity index (χ1n) is 6.83. The molecule has 0 radical (unpaired) electrons. The van der Waals surface area contributed by atoms with Gasteiger partial charge in [0.15, 0.2) is 0 Å². The molecule has 2 heterocycles. The molecule has 0 aromatic heterocycles. The van der Waals surface area contributed by atoms with E-state index in [1.54, 1.807) is 0 Å². The summed E-state index contributed by atoms with van der Waals surface area (Å²) in [4.78, 5) is 0.